The lowest BCUT2D eigenvalue weighted by Crippen LogP contribution is -2.00. The Balaban J connectivity index is 0.000000206. The van der Waals surface area contributed by atoms with E-state index >= 15 is 0 Å². The van der Waals surface area contributed by atoms with Crippen LogP contribution in [-0.2, 0) is 41.7 Å². The van der Waals surface area contributed by atoms with Crippen molar-refractivity contribution < 1.29 is 72.3 Å². The number of hydrogen-bond donors (Lipinski definition) is 10. The van der Waals surface area contributed by atoms with E-state index in [-0.39, 0.29) is 50.7 Å². The van der Waals surface area contributed by atoms with Gasteiger partial charge in [-0.15, -0.1) is 51.1 Å². The van der Waals surface area contributed by atoms with Crippen molar-refractivity contribution >= 4 is 131 Å². The van der Waals surface area contributed by atoms with E-state index in [4.69, 9.17) is 4.55 Å². The lowest BCUT2D eigenvalue weighted by Gasteiger charge is -2.09. The smallest absolute Gasteiger partial charge is 0.357 e. The number of fused-ring (bicyclic) bond motifs is 4. The minimum atomic E-state index is -5.08. The quantitative estimate of drug-likeness (QED) is 0.0291. The molecule has 1 unspecified atom stereocenters. The highest BCUT2D eigenvalue weighted by Gasteiger charge is 2.25. The van der Waals surface area contributed by atoms with Crippen LogP contribution in [0.1, 0.15) is 0 Å². The molecule has 1 atom stereocenters. The van der Waals surface area contributed by atoms with Crippen molar-refractivity contribution in [2.24, 2.45) is 40.9 Å². The fourth-order valence-corrected chi connectivity index (χ4v) is 9.32. The topological polar surface area (TPSA) is 473 Å². The van der Waals surface area contributed by atoms with Crippen molar-refractivity contribution in [3.63, 3.8) is 0 Å². The van der Waals surface area contributed by atoms with Crippen LogP contribution in [0.3, 0.4) is 0 Å². The van der Waals surface area contributed by atoms with Gasteiger partial charge < -0.3 is 24.6 Å². The van der Waals surface area contributed by atoms with Crippen LogP contribution in [0, 0.1) is 0 Å². The summed E-state index contributed by atoms with van der Waals surface area (Å²) in [6, 6.07) is 29.7. The minimum Gasteiger partial charge on any atom is -0.506 e. The highest BCUT2D eigenvalue weighted by atomic mass is 32.2. The van der Waals surface area contributed by atoms with Gasteiger partial charge in [-0.3, -0.25) is 18.2 Å². The molecule has 0 saturated heterocycles. The standard InChI is InChI=1S/C22H15N7O14S4.C22H15N7O2/c30-19-15(46(37,38)39)7-9-5-11(43-44(32)33)1-3-13(9)17(19)24-26-21-23-22(29-28-21)27-25-18-14-4-2-12(45(34,35)36)6-10(14)8-16(20(18)31)47(40,41)42;30-17-11-9-13-5-1-3-7-15(13)19(17)24-26-21-23-22(29-28-21)27-25-20-16-8-4-2-6-14(16)10-12-18(20)31/h1-8,30-31H,(H,32,33)(H,23,28,29)(H,34,35,36)(H,37,38,39)(H,40,41,42);1-12,30-31H,(H,23,28,29). The Morgan fingerprint density at radius 1 is 0.449 bits per heavy atom. The van der Waals surface area contributed by atoms with Gasteiger partial charge in [0.25, 0.3) is 54.1 Å². The molecule has 0 radical (unpaired) electrons. The van der Waals surface area contributed by atoms with Gasteiger partial charge in [-0.05, 0) is 76.1 Å². The van der Waals surface area contributed by atoms with Crippen LogP contribution in [0.25, 0.3) is 43.1 Å². The second kappa shape index (κ2) is 21.2. The van der Waals surface area contributed by atoms with Crippen LogP contribution in [0.5, 0.6) is 28.7 Å². The maximum atomic E-state index is 11.9. The molecule has 8 aromatic carbocycles. The van der Waals surface area contributed by atoms with Crippen LogP contribution in [0.15, 0.2) is 177 Å². The van der Waals surface area contributed by atoms with E-state index in [0.29, 0.717) is 11.4 Å². The number of nitrogens with one attached hydrogen (secondary N) is 2. The van der Waals surface area contributed by atoms with Gasteiger partial charge in [0.05, 0.1) is 4.90 Å². The molecule has 30 nitrogen and oxygen atoms in total. The molecule has 10 N–H and O–H groups in total. The Bertz CT molecular complexity index is 4460. The average molecular weight is 1140 g/mol. The SMILES string of the molecule is O=S(O)Oc1ccc2c(N=Nc3nc(N=Nc4c(O)c(S(=O)(=O)O)cc5cc(S(=O)(=O)O)ccc45)n[nH]3)c(O)c(S(=O)(=O)O)cc2c1.Oc1ccc2ccccc2c1N=Nc1n[nH]c(N=Nc2c(O)ccc3ccccc23)n1. The van der Waals surface area contributed by atoms with Crippen molar-refractivity contribution in [2.75, 3.05) is 0 Å². The van der Waals surface area contributed by atoms with E-state index in [1.54, 1.807) is 24.3 Å². The third-order valence-electron chi connectivity index (χ3n) is 10.7. The molecule has 0 bridgehead atoms. The van der Waals surface area contributed by atoms with Gasteiger partial charge in [0.2, 0.25) is 0 Å². The van der Waals surface area contributed by atoms with E-state index in [0.717, 1.165) is 57.9 Å². The number of aromatic nitrogens is 6. The molecule has 0 aliphatic carbocycles. The molecule has 0 amide bonds. The third kappa shape index (κ3) is 11.6. The zero-order valence-corrected chi connectivity index (χ0v) is 41.7. The lowest BCUT2D eigenvalue weighted by atomic mass is 10.1. The number of H-pyrrole nitrogens is 2. The number of azo groups is 4. The fraction of sp³-hybridized carbons (Fsp3) is 0. The molecule has 0 aliphatic heterocycles. The van der Waals surface area contributed by atoms with Crippen molar-refractivity contribution in [3.05, 3.63) is 121 Å². The summed E-state index contributed by atoms with van der Waals surface area (Å²) >= 11 is -2.73. The summed E-state index contributed by atoms with van der Waals surface area (Å²) in [7, 11) is -14.8. The number of phenolic OH excluding ortho intramolecular Hbond substituents is 4. The second-order valence-electron chi connectivity index (χ2n) is 15.7. The third-order valence-corrected chi connectivity index (χ3v) is 13.6. The lowest BCUT2D eigenvalue weighted by molar-refractivity contribution is 0.443. The highest BCUT2D eigenvalue weighted by Crippen LogP contribution is 2.44. The van der Waals surface area contributed by atoms with Gasteiger partial charge >= 0.3 is 11.4 Å². The predicted molar refractivity (Wildman–Crippen MR) is 273 cm³/mol. The summed E-state index contributed by atoms with van der Waals surface area (Å²) in [4.78, 5) is 5.23. The summed E-state index contributed by atoms with van der Waals surface area (Å²) in [5, 5.41) is 88.1. The molecule has 2 heterocycles. The van der Waals surface area contributed by atoms with Gasteiger partial charge in [0.1, 0.15) is 49.8 Å². The molecule has 10 aromatic rings. The molecule has 2 aromatic heterocycles. The molecular formula is C44H30N14O16S4. The number of benzene rings is 8. The molecular weight excluding hydrogens is 1110 g/mol. The first-order valence-corrected chi connectivity index (χ1v) is 26.6. The summed E-state index contributed by atoms with van der Waals surface area (Å²) in [5.41, 5.74) is -0.434. The molecule has 78 heavy (non-hydrogen) atoms. The van der Waals surface area contributed by atoms with E-state index in [1.807, 2.05) is 48.5 Å². The van der Waals surface area contributed by atoms with E-state index in [1.165, 1.54) is 12.1 Å². The molecule has 0 fully saturated rings. The summed E-state index contributed by atoms with van der Waals surface area (Å²) in [6.45, 7) is 0. The molecule has 0 aliphatic rings. The second-order valence-corrected chi connectivity index (χ2v) is 20.5. The Morgan fingerprint density at radius 2 is 0.872 bits per heavy atom. The van der Waals surface area contributed by atoms with Crippen molar-refractivity contribution in [2.45, 2.75) is 14.7 Å². The largest absolute Gasteiger partial charge is 0.506 e. The van der Waals surface area contributed by atoms with Crippen LogP contribution in [0.2, 0.25) is 0 Å². The number of aromatic amines is 2. The van der Waals surface area contributed by atoms with E-state index in [9.17, 15) is 63.5 Å². The first kappa shape index (κ1) is 53.2. The summed E-state index contributed by atoms with van der Waals surface area (Å²) < 4.78 is 124. The molecule has 0 spiro atoms. The Hall–Kier alpha value is -9.68. The molecule has 34 heteroatoms. The van der Waals surface area contributed by atoms with Gasteiger partial charge in [0.15, 0.2) is 11.5 Å². The monoisotopic (exact) mass is 1140 g/mol. The van der Waals surface area contributed by atoms with Crippen molar-refractivity contribution in [1.82, 2.24) is 30.4 Å². The minimum absolute atomic E-state index is 0.00401. The molecule has 10 rings (SSSR count). The maximum Gasteiger partial charge on any atom is 0.357 e. The Kier molecular flexibility index (Phi) is 14.4. The van der Waals surface area contributed by atoms with Crippen molar-refractivity contribution in [3.8, 4) is 28.7 Å². The maximum absolute atomic E-state index is 11.9. The number of rotatable bonds is 13. The highest BCUT2D eigenvalue weighted by molar-refractivity contribution is 7.86. The number of nitrogens with zero attached hydrogens (tertiary/aromatic N) is 12. The van der Waals surface area contributed by atoms with Crippen LogP contribution in [-0.4, -0.2) is 98.5 Å². The molecule has 396 valence electrons. The summed E-state index contributed by atoms with van der Waals surface area (Å²) in [6.07, 6.45) is 0. The van der Waals surface area contributed by atoms with Crippen LogP contribution >= 0.6 is 0 Å². The number of aromatic hydroxyl groups is 4. The van der Waals surface area contributed by atoms with E-state index in [2.05, 4.69) is 75.5 Å². The van der Waals surface area contributed by atoms with E-state index < -0.39 is 91.2 Å². The fourth-order valence-electron chi connectivity index (χ4n) is 7.30. The average Bonchev–Trinajstić information content (AvgIpc) is 4.11. The van der Waals surface area contributed by atoms with Gasteiger partial charge in [-0.1, -0.05) is 66.7 Å². The number of phenols is 4. The zero-order chi connectivity index (χ0) is 55.7. The van der Waals surface area contributed by atoms with Gasteiger partial charge in [0, 0.05) is 21.5 Å². The Morgan fingerprint density at radius 3 is 1.35 bits per heavy atom. The first-order valence-electron chi connectivity index (χ1n) is 21.3. The summed E-state index contributed by atoms with van der Waals surface area (Å²) in [5.74, 6) is -3.10. The normalized spacial score (nSPS) is 12.9. The Labute approximate surface area is 437 Å². The first-order chi connectivity index (χ1) is 37.0. The van der Waals surface area contributed by atoms with Gasteiger partial charge in [-0.25, -0.2) is 10.2 Å². The van der Waals surface area contributed by atoms with Gasteiger partial charge in [-0.2, -0.15) is 39.4 Å². The zero-order valence-electron chi connectivity index (χ0n) is 38.4. The van der Waals surface area contributed by atoms with Crippen LogP contribution < -0.4 is 4.18 Å². The number of hydrogen-bond acceptors (Lipinski definition) is 24. The molecule has 0 saturated carbocycles. The predicted octanol–water partition coefficient (Wildman–Crippen LogP) is 9.96. The van der Waals surface area contributed by atoms with Crippen molar-refractivity contribution in [1.29, 1.82) is 0 Å². The van der Waals surface area contributed by atoms with Crippen LogP contribution in [0.4, 0.5) is 46.5 Å².